The van der Waals surface area contributed by atoms with E-state index in [1.807, 2.05) is 6.20 Å². The fourth-order valence-corrected chi connectivity index (χ4v) is 14.6. The maximum absolute atomic E-state index is 7.27. The number of hydrogen-bond acceptors (Lipinski definition) is 4. The number of aryl methyl sites for hydroxylation is 3. The van der Waals surface area contributed by atoms with Gasteiger partial charge in [0.15, 0.2) is 0 Å². The van der Waals surface area contributed by atoms with E-state index in [9.17, 15) is 0 Å². The Bertz CT molecular complexity index is 3960. The molecule has 3 heterocycles. The van der Waals surface area contributed by atoms with Gasteiger partial charge >= 0.3 is 0 Å². The standard InChI is InChI=1S/C73H66N4O/c1-49-41-50(2)69(51(3)42-49)54-43-57(75-48-76(66-34-20-19-33-65(66)75)70-60(52-23-11-8-12-24-52)30-21-31-61(70)53-25-13-9-14-26-53)46-59(44-54)78-58-35-36-63-62-29-17-18-32-64(62)77(67(63)47-58)68-45-56(37-40-74-68)73(55-27-15-10-16-28-55)71(4,5)38-22-39-72(73,6)7/h8-21,23-37,40-47H,22,38-39,48H2,1-7H3. The van der Waals surface area contributed by atoms with E-state index in [0.29, 0.717) is 6.67 Å². The number of nitrogens with zero attached hydrogens (tertiary/aromatic N) is 4. The molecule has 2 aromatic heterocycles. The molecule has 0 amide bonds. The molecule has 1 aliphatic heterocycles. The van der Waals surface area contributed by atoms with Crippen LogP contribution in [-0.4, -0.2) is 16.2 Å². The third-order valence-corrected chi connectivity index (χ3v) is 17.5. The van der Waals surface area contributed by atoms with Crippen molar-refractivity contribution in [3.8, 4) is 50.7 Å². The molecule has 5 heteroatoms. The molecule has 2 aliphatic rings. The summed E-state index contributed by atoms with van der Waals surface area (Å²) in [5.41, 5.74) is 19.8. The summed E-state index contributed by atoms with van der Waals surface area (Å²) in [6, 6.07) is 79.8. The van der Waals surface area contributed by atoms with E-state index in [0.717, 1.165) is 69.2 Å². The van der Waals surface area contributed by atoms with Gasteiger partial charge in [0, 0.05) is 51.3 Å². The second-order valence-corrected chi connectivity index (χ2v) is 23.2. The van der Waals surface area contributed by atoms with Crippen molar-refractivity contribution in [3.63, 3.8) is 0 Å². The van der Waals surface area contributed by atoms with E-state index in [1.54, 1.807) is 0 Å². The molecule has 1 aliphatic carbocycles. The summed E-state index contributed by atoms with van der Waals surface area (Å²) < 4.78 is 9.62. The van der Waals surface area contributed by atoms with Crippen LogP contribution in [0.1, 0.15) is 74.8 Å². The van der Waals surface area contributed by atoms with Crippen molar-refractivity contribution in [2.75, 3.05) is 16.5 Å². The van der Waals surface area contributed by atoms with Gasteiger partial charge in [-0.2, -0.15) is 0 Å². The van der Waals surface area contributed by atoms with Crippen molar-refractivity contribution in [3.05, 3.63) is 252 Å². The Morgan fingerprint density at radius 3 is 1.72 bits per heavy atom. The lowest BCUT2D eigenvalue weighted by Crippen LogP contribution is -2.56. The van der Waals surface area contributed by atoms with Crippen LogP contribution in [0.15, 0.2) is 225 Å². The molecule has 13 rings (SSSR count). The molecule has 0 bridgehead atoms. The summed E-state index contributed by atoms with van der Waals surface area (Å²) in [5.74, 6) is 2.42. The average molecular weight is 1020 g/mol. The zero-order valence-corrected chi connectivity index (χ0v) is 45.9. The highest BCUT2D eigenvalue weighted by atomic mass is 16.5. The predicted molar refractivity (Wildman–Crippen MR) is 326 cm³/mol. The molecule has 1 saturated carbocycles. The minimum absolute atomic E-state index is 0.0210. The number of fused-ring (bicyclic) bond motifs is 4. The first kappa shape index (κ1) is 48.9. The number of hydrogen-bond donors (Lipinski definition) is 0. The summed E-state index contributed by atoms with van der Waals surface area (Å²) in [4.78, 5) is 10.2. The molecule has 1 fully saturated rings. The Morgan fingerprint density at radius 2 is 1.05 bits per heavy atom. The quantitative estimate of drug-likeness (QED) is 0.137. The number of aromatic nitrogens is 2. The minimum Gasteiger partial charge on any atom is -0.457 e. The van der Waals surface area contributed by atoms with Gasteiger partial charge in [0.1, 0.15) is 24.0 Å². The van der Waals surface area contributed by atoms with Gasteiger partial charge in [-0.1, -0.05) is 191 Å². The third kappa shape index (κ3) is 8.01. The average Bonchev–Trinajstić information content (AvgIpc) is 3.70. The highest BCUT2D eigenvalue weighted by Gasteiger charge is 2.58. The zero-order valence-electron chi connectivity index (χ0n) is 45.9. The van der Waals surface area contributed by atoms with E-state index in [4.69, 9.17) is 9.72 Å². The maximum atomic E-state index is 7.27. The molecule has 5 nitrogen and oxygen atoms in total. The highest BCUT2D eigenvalue weighted by molar-refractivity contribution is 6.09. The molecule has 0 radical (unpaired) electrons. The molecule has 0 spiro atoms. The maximum Gasteiger partial charge on any atom is 0.137 e. The van der Waals surface area contributed by atoms with Crippen molar-refractivity contribution >= 4 is 44.6 Å². The second kappa shape index (κ2) is 19.1. The first-order valence-corrected chi connectivity index (χ1v) is 27.7. The van der Waals surface area contributed by atoms with Crippen LogP contribution < -0.4 is 14.5 Å². The molecule has 9 aromatic carbocycles. The summed E-state index contributed by atoms with van der Waals surface area (Å²) in [6.45, 7) is 17.2. The van der Waals surface area contributed by atoms with Gasteiger partial charge in [0.25, 0.3) is 0 Å². The molecule has 0 saturated heterocycles. The van der Waals surface area contributed by atoms with Gasteiger partial charge in [0.2, 0.25) is 0 Å². The van der Waals surface area contributed by atoms with E-state index < -0.39 is 0 Å². The summed E-state index contributed by atoms with van der Waals surface area (Å²) in [6.07, 6.45) is 5.54. The number of ether oxygens (including phenoxy) is 1. The van der Waals surface area contributed by atoms with E-state index in [1.165, 1.54) is 73.1 Å². The Labute approximate surface area is 460 Å². The fraction of sp³-hybridized carbons (Fsp3) is 0.192. The van der Waals surface area contributed by atoms with E-state index >= 15 is 0 Å². The Morgan fingerprint density at radius 1 is 0.462 bits per heavy atom. The van der Waals surface area contributed by atoms with Crippen molar-refractivity contribution in [1.82, 2.24) is 9.55 Å². The monoisotopic (exact) mass is 1010 g/mol. The van der Waals surface area contributed by atoms with Gasteiger partial charge < -0.3 is 14.5 Å². The number of rotatable bonds is 10. The van der Waals surface area contributed by atoms with Crippen molar-refractivity contribution in [2.45, 2.75) is 73.1 Å². The summed E-state index contributed by atoms with van der Waals surface area (Å²) in [7, 11) is 0. The Balaban J connectivity index is 0.956. The van der Waals surface area contributed by atoms with Gasteiger partial charge in [-0.15, -0.1) is 0 Å². The van der Waals surface area contributed by atoms with E-state index in [-0.39, 0.29) is 16.2 Å². The highest BCUT2D eigenvalue weighted by Crippen LogP contribution is 2.64. The zero-order chi connectivity index (χ0) is 53.3. The van der Waals surface area contributed by atoms with Crippen LogP contribution in [0.4, 0.5) is 22.7 Å². The van der Waals surface area contributed by atoms with Crippen LogP contribution in [0.25, 0.3) is 61.0 Å². The van der Waals surface area contributed by atoms with Crippen LogP contribution in [0.5, 0.6) is 11.5 Å². The van der Waals surface area contributed by atoms with Gasteiger partial charge in [0.05, 0.1) is 28.1 Å². The van der Waals surface area contributed by atoms with E-state index in [2.05, 4.69) is 281 Å². The predicted octanol–water partition coefficient (Wildman–Crippen LogP) is 19.7. The van der Waals surface area contributed by atoms with Gasteiger partial charge in [-0.25, -0.2) is 4.98 Å². The molecule has 384 valence electrons. The fourth-order valence-electron chi connectivity index (χ4n) is 14.6. The van der Waals surface area contributed by atoms with Gasteiger partial charge in [-0.05, 0) is 144 Å². The lowest BCUT2D eigenvalue weighted by atomic mass is 9.43. The Kier molecular flexibility index (Phi) is 12.0. The normalized spacial score (nSPS) is 15.4. The van der Waals surface area contributed by atoms with Crippen LogP contribution in [-0.2, 0) is 5.41 Å². The number of anilines is 4. The molecule has 0 unspecified atom stereocenters. The van der Waals surface area contributed by atoms with Gasteiger partial charge in [-0.3, -0.25) is 4.57 Å². The van der Waals surface area contributed by atoms with Crippen molar-refractivity contribution < 1.29 is 4.74 Å². The second-order valence-electron chi connectivity index (χ2n) is 23.2. The lowest BCUT2D eigenvalue weighted by molar-refractivity contribution is 0.00547. The molecular formula is C73H66N4O. The van der Waals surface area contributed by atoms with Crippen LogP contribution >= 0.6 is 0 Å². The largest absolute Gasteiger partial charge is 0.457 e. The van der Waals surface area contributed by atoms with Crippen molar-refractivity contribution in [2.24, 2.45) is 10.8 Å². The van der Waals surface area contributed by atoms with Crippen LogP contribution in [0, 0.1) is 31.6 Å². The lowest BCUT2D eigenvalue weighted by Gasteiger charge is -2.60. The van der Waals surface area contributed by atoms with Crippen molar-refractivity contribution in [1.29, 1.82) is 0 Å². The first-order chi connectivity index (χ1) is 37.9. The molecular weight excluding hydrogens is 949 g/mol. The molecule has 11 aromatic rings. The summed E-state index contributed by atoms with van der Waals surface area (Å²) >= 11 is 0. The SMILES string of the molecule is Cc1cc(C)c(-c2cc(Oc3ccc4c5ccccc5n(-c5cc(C6(c7ccccc7)C(C)(C)CCCC6(C)C)ccn5)c4c3)cc(N3CN(c4c(-c5ccccc5)cccc4-c4ccccc4)c4ccccc43)c2)c(C)c1. The third-order valence-electron chi connectivity index (χ3n) is 17.5. The minimum atomic E-state index is -0.260. The number of para-hydroxylation sites is 4. The number of benzene rings is 9. The Hall–Kier alpha value is -8.67. The first-order valence-electron chi connectivity index (χ1n) is 27.7. The van der Waals surface area contributed by atoms with Crippen LogP contribution in [0.2, 0.25) is 0 Å². The number of pyridine rings is 1. The molecule has 78 heavy (non-hydrogen) atoms. The molecule has 0 N–H and O–H groups in total. The smallest absolute Gasteiger partial charge is 0.137 e. The topological polar surface area (TPSA) is 33.5 Å². The summed E-state index contributed by atoms with van der Waals surface area (Å²) in [5, 5.41) is 2.33. The molecule has 0 atom stereocenters. The van der Waals surface area contributed by atoms with Crippen LogP contribution in [0.3, 0.4) is 0 Å².